The molecule has 0 amide bonds. The third-order valence-electron chi connectivity index (χ3n) is 3.74. The van der Waals surface area contributed by atoms with E-state index >= 15 is 0 Å². The Labute approximate surface area is 119 Å². The van der Waals surface area contributed by atoms with Crippen LogP contribution in [0, 0.1) is 11.7 Å². The molecule has 1 aromatic carbocycles. The summed E-state index contributed by atoms with van der Waals surface area (Å²) in [6.45, 7) is 0. The van der Waals surface area contributed by atoms with Gasteiger partial charge in [0.25, 0.3) is 0 Å². The van der Waals surface area contributed by atoms with E-state index in [4.69, 9.17) is 5.11 Å². The maximum atomic E-state index is 13.7. The van der Waals surface area contributed by atoms with Gasteiger partial charge in [0.2, 0.25) is 0 Å². The Hall–Kier alpha value is -1.79. The lowest BCUT2D eigenvalue weighted by Crippen LogP contribution is -2.41. The molecule has 0 heterocycles. The summed E-state index contributed by atoms with van der Waals surface area (Å²) in [6, 6.07) is 2.11. The van der Waals surface area contributed by atoms with Gasteiger partial charge < -0.3 is 10.4 Å². The summed E-state index contributed by atoms with van der Waals surface area (Å²) in [6.07, 6.45) is -2.95. The van der Waals surface area contributed by atoms with Gasteiger partial charge in [-0.2, -0.15) is 13.2 Å². The van der Waals surface area contributed by atoms with Crippen molar-refractivity contribution in [2.75, 3.05) is 5.32 Å². The molecule has 0 radical (unpaired) electrons. The van der Waals surface area contributed by atoms with Gasteiger partial charge in [-0.1, -0.05) is 12.8 Å². The van der Waals surface area contributed by atoms with Crippen molar-refractivity contribution in [1.82, 2.24) is 0 Å². The van der Waals surface area contributed by atoms with Crippen LogP contribution in [0.2, 0.25) is 0 Å². The molecule has 1 aromatic rings. The number of hydrogen-bond donors (Lipinski definition) is 2. The number of nitrogens with one attached hydrogen (secondary N) is 1. The zero-order valence-corrected chi connectivity index (χ0v) is 11.1. The van der Waals surface area contributed by atoms with Crippen molar-refractivity contribution in [3.05, 3.63) is 29.6 Å². The van der Waals surface area contributed by atoms with Gasteiger partial charge in [0.15, 0.2) is 0 Å². The Morgan fingerprint density at radius 2 is 1.90 bits per heavy atom. The van der Waals surface area contributed by atoms with E-state index in [9.17, 15) is 22.4 Å². The first kappa shape index (κ1) is 15.6. The smallest absolute Gasteiger partial charge is 0.393 e. The van der Waals surface area contributed by atoms with Crippen molar-refractivity contribution >= 4 is 11.7 Å². The molecule has 2 atom stereocenters. The highest BCUT2D eigenvalue weighted by molar-refractivity contribution is 5.88. The van der Waals surface area contributed by atoms with E-state index in [0.29, 0.717) is 12.8 Å². The molecule has 0 bridgehead atoms. The number of carboxylic acids is 1. The van der Waals surface area contributed by atoms with E-state index in [-0.39, 0.29) is 24.1 Å². The first-order chi connectivity index (χ1) is 9.79. The van der Waals surface area contributed by atoms with Crippen molar-refractivity contribution in [2.45, 2.75) is 37.9 Å². The molecule has 2 rings (SSSR count). The fourth-order valence-corrected chi connectivity index (χ4v) is 2.66. The Morgan fingerprint density at radius 1 is 1.24 bits per heavy atom. The van der Waals surface area contributed by atoms with Crippen LogP contribution < -0.4 is 5.32 Å². The highest BCUT2D eigenvalue weighted by Gasteiger charge is 2.45. The molecule has 1 fully saturated rings. The van der Waals surface area contributed by atoms with Gasteiger partial charge in [-0.25, -0.2) is 9.18 Å². The number of aromatic carboxylic acids is 1. The van der Waals surface area contributed by atoms with Crippen LogP contribution >= 0.6 is 0 Å². The van der Waals surface area contributed by atoms with Crippen LogP contribution in [0.4, 0.5) is 23.2 Å². The molecular formula is C14H15F4NO2. The number of rotatable bonds is 3. The van der Waals surface area contributed by atoms with Crippen LogP contribution in [0.5, 0.6) is 0 Å². The number of carboxylic acid groups (broad SMARTS) is 1. The number of alkyl halides is 3. The van der Waals surface area contributed by atoms with Gasteiger partial charge in [0.1, 0.15) is 5.82 Å². The Morgan fingerprint density at radius 3 is 2.52 bits per heavy atom. The van der Waals surface area contributed by atoms with E-state index in [1.807, 2.05) is 0 Å². The second-order valence-corrected chi connectivity index (χ2v) is 5.18. The van der Waals surface area contributed by atoms with Crippen LogP contribution in [0.25, 0.3) is 0 Å². The zero-order valence-electron chi connectivity index (χ0n) is 11.1. The molecule has 1 aliphatic rings. The fourth-order valence-electron chi connectivity index (χ4n) is 2.66. The number of benzene rings is 1. The molecule has 2 unspecified atom stereocenters. The molecule has 2 N–H and O–H groups in total. The number of anilines is 1. The van der Waals surface area contributed by atoms with Gasteiger partial charge in [0.05, 0.1) is 17.2 Å². The average Bonchev–Trinajstić information content (AvgIpc) is 2.40. The summed E-state index contributed by atoms with van der Waals surface area (Å²) in [5, 5.41) is 11.4. The molecule has 0 saturated heterocycles. The highest BCUT2D eigenvalue weighted by atomic mass is 19.4. The summed E-state index contributed by atoms with van der Waals surface area (Å²) < 4.78 is 52.6. The minimum absolute atomic E-state index is 0.00140. The second kappa shape index (κ2) is 5.91. The van der Waals surface area contributed by atoms with Crippen molar-refractivity contribution in [2.24, 2.45) is 5.92 Å². The van der Waals surface area contributed by atoms with Crippen molar-refractivity contribution < 1.29 is 27.5 Å². The maximum absolute atomic E-state index is 13.7. The number of hydrogen-bond acceptors (Lipinski definition) is 2. The predicted molar refractivity (Wildman–Crippen MR) is 68.8 cm³/mol. The number of carbonyl (C=O) groups is 1. The van der Waals surface area contributed by atoms with Gasteiger partial charge in [-0.05, 0) is 31.0 Å². The molecule has 21 heavy (non-hydrogen) atoms. The minimum Gasteiger partial charge on any atom is -0.478 e. The quantitative estimate of drug-likeness (QED) is 0.828. The zero-order chi connectivity index (χ0) is 15.6. The third kappa shape index (κ3) is 3.65. The lowest BCUT2D eigenvalue weighted by atomic mass is 9.84. The summed E-state index contributed by atoms with van der Waals surface area (Å²) in [5.74, 6) is -3.56. The molecule has 116 valence electrons. The lowest BCUT2D eigenvalue weighted by Gasteiger charge is -2.34. The Bertz CT molecular complexity index is 530. The molecular weight excluding hydrogens is 290 g/mol. The molecule has 0 aromatic heterocycles. The largest absolute Gasteiger partial charge is 0.478 e. The van der Waals surface area contributed by atoms with E-state index in [2.05, 4.69) is 5.32 Å². The standard InChI is InChI=1S/C14H15F4NO2/c15-10-6-5-8(13(20)21)7-12(10)19-11-4-2-1-3-9(11)14(16,17)18/h5-7,9,11,19H,1-4H2,(H,20,21). The minimum atomic E-state index is -4.35. The van der Waals surface area contributed by atoms with Gasteiger partial charge in [0, 0.05) is 6.04 Å². The van der Waals surface area contributed by atoms with Crippen LogP contribution in [-0.4, -0.2) is 23.3 Å². The summed E-state index contributed by atoms with van der Waals surface area (Å²) in [4.78, 5) is 10.9. The molecule has 0 spiro atoms. The first-order valence-corrected chi connectivity index (χ1v) is 6.65. The van der Waals surface area contributed by atoms with Crippen LogP contribution in [0.3, 0.4) is 0 Å². The SMILES string of the molecule is O=C(O)c1ccc(F)c(NC2CCCCC2C(F)(F)F)c1. The van der Waals surface area contributed by atoms with Gasteiger partial charge in [-0.15, -0.1) is 0 Å². The number of halogens is 4. The lowest BCUT2D eigenvalue weighted by molar-refractivity contribution is -0.184. The maximum Gasteiger partial charge on any atom is 0.393 e. The fraction of sp³-hybridized carbons (Fsp3) is 0.500. The molecule has 0 aliphatic heterocycles. The molecule has 1 aliphatic carbocycles. The summed E-state index contributed by atoms with van der Waals surface area (Å²) in [5.41, 5.74) is -0.366. The van der Waals surface area contributed by atoms with E-state index in [0.717, 1.165) is 18.2 Å². The van der Waals surface area contributed by atoms with Crippen LogP contribution in [0.1, 0.15) is 36.0 Å². The van der Waals surface area contributed by atoms with Gasteiger partial charge in [-0.3, -0.25) is 0 Å². The topological polar surface area (TPSA) is 49.3 Å². The average molecular weight is 305 g/mol. The van der Waals surface area contributed by atoms with E-state index in [1.165, 1.54) is 0 Å². The van der Waals surface area contributed by atoms with Crippen molar-refractivity contribution in [3.63, 3.8) is 0 Å². The van der Waals surface area contributed by atoms with E-state index < -0.39 is 29.9 Å². The van der Waals surface area contributed by atoms with Crippen LogP contribution in [0.15, 0.2) is 18.2 Å². The van der Waals surface area contributed by atoms with E-state index in [1.54, 1.807) is 0 Å². The Kier molecular flexibility index (Phi) is 4.39. The van der Waals surface area contributed by atoms with Crippen LogP contribution in [-0.2, 0) is 0 Å². The molecule has 3 nitrogen and oxygen atoms in total. The molecule has 1 saturated carbocycles. The normalized spacial score (nSPS) is 22.9. The summed E-state index contributed by atoms with van der Waals surface area (Å²) in [7, 11) is 0. The van der Waals surface area contributed by atoms with Crippen molar-refractivity contribution in [1.29, 1.82) is 0 Å². The summed E-state index contributed by atoms with van der Waals surface area (Å²) >= 11 is 0. The second-order valence-electron chi connectivity index (χ2n) is 5.18. The highest BCUT2D eigenvalue weighted by Crippen LogP contribution is 2.39. The Balaban J connectivity index is 2.23. The predicted octanol–water partition coefficient (Wildman–Crippen LogP) is 4.06. The van der Waals surface area contributed by atoms with Crippen molar-refractivity contribution in [3.8, 4) is 0 Å². The first-order valence-electron chi connectivity index (χ1n) is 6.65. The monoisotopic (exact) mass is 305 g/mol. The van der Waals surface area contributed by atoms with Gasteiger partial charge >= 0.3 is 12.1 Å². The third-order valence-corrected chi connectivity index (χ3v) is 3.74. The molecule has 7 heteroatoms.